The zero-order chi connectivity index (χ0) is 13.8. The van der Waals surface area contributed by atoms with Crippen LogP contribution in [0, 0.1) is 11.8 Å². The molecule has 20 heavy (non-hydrogen) atoms. The van der Waals surface area contributed by atoms with Crippen molar-refractivity contribution in [2.75, 3.05) is 13.1 Å². The molecule has 2 heteroatoms. The minimum Gasteiger partial charge on any atom is -0.370 e. The van der Waals surface area contributed by atoms with E-state index in [1.165, 1.54) is 77.2 Å². The van der Waals surface area contributed by atoms with E-state index in [4.69, 9.17) is 4.74 Å². The standard InChI is InChI=1S/C18H33NO/c1-15-5-4-6-16(13-15)8-12-19-14-17-7-11-18(20-17)9-2-3-10-18/h15-17,19H,2-14H2,1H3. The average molecular weight is 279 g/mol. The second-order valence-corrected chi connectivity index (χ2v) is 7.80. The van der Waals surface area contributed by atoms with Gasteiger partial charge in [-0.15, -0.1) is 0 Å². The molecular weight excluding hydrogens is 246 g/mol. The molecule has 0 aromatic rings. The van der Waals surface area contributed by atoms with Crippen molar-refractivity contribution in [3.05, 3.63) is 0 Å². The van der Waals surface area contributed by atoms with Gasteiger partial charge in [0.15, 0.2) is 0 Å². The van der Waals surface area contributed by atoms with Gasteiger partial charge in [-0.2, -0.15) is 0 Å². The minimum atomic E-state index is 0.311. The van der Waals surface area contributed by atoms with Gasteiger partial charge in [-0.1, -0.05) is 39.0 Å². The first-order chi connectivity index (χ1) is 9.76. The van der Waals surface area contributed by atoms with E-state index in [-0.39, 0.29) is 0 Å². The van der Waals surface area contributed by atoms with Crippen LogP contribution >= 0.6 is 0 Å². The van der Waals surface area contributed by atoms with E-state index < -0.39 is 0 Å². The van der Waals surface area contributed by atoms with Crippen LogP contribution in [0.5, 0.6) is 0 Å². The number of nitrogens with one attached hydrogen (secondary N) is 1. The second-order valence-electron chi connectivity index (χ2n) is 7.80. The van der Waals surface area contributed by atoms with Gasteiger partial charge in [-0.05, 0) is 56.9 Å². The predicted molar refractivity (Wildman–Crippen MR) is 83.9 cm³/mol. The van der Waals surface area contributed by atoms with Gasteiger partial charge in [0, 0.05) is 6.54 Å². The average Bonchev–Trinajstić information content (AvgIpc) is 3.06. The monoisotopic (exact) mass is 279 g/mol. The predicted octanol–water partition coefficient (Wildman–Crippen LogP) is 4.28. The fourth-order valence-electron chi connectivity index (χ4n) is 4.82. The lowest BCUT2D eigenvalue weighted by Crippen LogP contribution is -2.32. The van der Waals surface area contributed by atoms with E-state index in [0.717, 1.165) is 18.4 Å². The molecule has 1 heterocycles. The van der Waals surface area contributed by atoms with Gasteiger partial charge < -0.3 is 10.1 Å². The molecular formula is C18H33NO. The molecule has 3 aliphatic rings. The summed E-state index contributed by atoms with van der Waals surface area (Å²) in [5.41, 5.74) is 0.311. The Kier molecular flexibility index (Phi) is 5.04. The third-order valence-electron chi connectivity index (χ3n) is 6.00. The summed E-state index contributed by atoms with van der Waals surface area (Å²) in [7, 11) is 0. The molecule has 0 aromatic carbocycles. The molecule has 1 saturated heterocycles. The van der Waals surface area contributed by atoms with Crippen molar-refractivity contribution < 1.29 is 4.74 Å². The Morgan fingerprint density at radius 3 is 2.70 bits per heavy atom. The van der Waals surface area contributed by atoms with Crippen molar-refractivity contribution >= 4 is 0 Å². The molecule has 2 aliphatic carbocycles. The molecule has 0 aromatic heterocycles. The summed E-state index contributed by atoms with van der Waals surface area (Å²) in [6.45, 7) is 4.71. The van der Waals surface area contributed by atoms with Gasteiger partial charge >= 0.3 is 0 Å². The van der Waals surface area contributed by atoms with E-state index in [0.29, 0.717) is 11.7 Å². The first-order valence-electron chi connectivity index (χ1n) is 9.14. The molecule has 3 fully saturated rings. The lowest BCUT2D eigenvalue weighted by molar-refractivity contribution is -0.0351. The smallest absolute Gasteiger partial charge is 0.0708 e. The lowest BCUT2D eigenvalue weighted by Gasteiger charge is -2.27. The van der Waals surface area contributed by atoms with Crippen LogP contribution in [0.15, 0.2) is 0 Å². The topological polar surface area (TPSA) is 21.3 Å². The first kappa shape index (κ1) is 14.8. The van der Waals surface area contributed by atoms with Gasteiger partial charge in [0.25, 0.3) is 0 Å². The number of hydrogen-bond acceptors (Lipinski definition) is 2. The summed E-state index contributed by atoms with van der Waals surface area (Å²) in [5, 5.41) is 3.67. The molecule has 1 aliphatic heterocycles. The van der Waals surface area contributed by atoms with Crippen molar-refractivity contribution in [1.82, 2.24) is 5.32 Å². The van der Waals surface area contributed by atoms with Crippen LogP contribution in [0.4, 0.5) is 0 Å². The van der Waals surface area contributed by atoms with Crippen LogP contribution in [0.2, 0.25) is 0 Å². The molecule has 116 valence electrons. The maximum atomic E-state index is 6.36. The van der Waals surface area contributed by atoms with Crippen molar-refractivity contribution in [2.45, 2.75) is 89.3 Å². The van der Waals surface area contributed by atoms with Gasteiger partial charge in [0.2, 0.25) is 0 Å². The van der Waals surface area contributed by atoms with Crippen LogP contribution in [0.25, 0.3) is 0 Å². The molecule has 1 N–H and O–H groups in total. The summed E-state index contributed by atoms with van der Waals surface area (Å²) in [4.78, 5) is 0. The SMILES string of the molecule is CC1CCCC(CCNCC2CCC3(CCCC3)O2)C1. The van der Waals surface area contributed by atoms with Crippen molar-refractivity contribution in [3.8, 4) is 0 Å². The Morgan fingerprint density at radius 2 is 1.90 bits per heavy atom. The Morgan fingerprint density at radius 1 is 1.05 bits per heavy atom. The summed E-state index contributed by atoms with van der Waals surface area (Å²) in [6.07, 6.45) is 15.8. The summed E-state index contributed by atoms with van der Waals surface area (Å²) < 4.78 is 6.36. The Balaban J connectivity index is 1.29. The van der Waals surface area contributed by atoms with Crippen molar-refractivity contribution in [2.24, 2.45) is 11.8 Å². The van der Waals surface area contributed by atoms with Crippen LogP contribution < -0.4 is 5.32 Å². The number of ether oxygens (including phenoxy) is 1. The highest BCUT2D eigenvalue weighted by atomic mass is 16.5. The fourth-order valence-corrected chi connectivity index (χ4v) is 4.82. The third-order valence-corrected chi connectivity index (χ3v) is 6.00. The largest absolute Gasteiger partial charge is 0.370 e. The van der Waals surface area contributed by atoms with E-state index >= 15 is 0 Å². The molecule has 0 amide bonds. The quantitative estimate of drug-likeness (QED) is 0.758. The van der Waals surface area contributed by atoms with Gasteiger partial charge in [-0.3, -0.25) is 0 Å². The molecule has 2 saturated carbocycles. The van der Waals surface area contributed by atoms with E-state index in [1.54, 1.807) is 0 Å². The molecule has 3 rings (SSSR count). The van der Waals surface area contributed by atoms with Crippen molar-refractivity contribution in [3.63, 3.8) is 0 Å². The molecule has 3 unspecified atom stereocenters. The van der Waals surface area contributed by atoms with E-state index in [9.17, 15) is 0 Å². The third kappa shape index (κ3) is 3.76. The highest BCUT2D eigenvalue weighted by Crippen LogP contribution is 2.43. The van der Waals surface area contributed by atoms with Gasteiger partial charge in [0.05, 0.1) is 11.7 Å². The number of hydrogen-bond donors (Lipinski definition) is 1. The van der Waals surface area contributed by atoms with E-state index in [1.807, 2.05) is 0 Å². The van der Waals surface area contributed by atoms with Crippen molar-refractivity contribution in [1.29, 1.82) is 0 Å². The fraction of sp³-hybridized carbons (Fsp3) is 1.00. The summed E-state index contributed by atoms with van der Waals surface area (Å²) in [6, 6.07) is 0. The first-order valence-corrected chi connectivity index (χ1v) is 9.14. The molecule has 2 nitrogen and oxygen atoms in total. The minimum absolute atomic E-state index is 0.311. The second kappa shape index (κ2) is 6.79. The Hall–Kier alpha value is -0.0800. The Bertz CT molecular complexity index is 298. The highest BCUT2D eigenvalue weighted by molar-refractivity contribution is 4.93. The highest BCUT2D eigenvalue weighted by Gasteiger charge is 2.41. The van der Waals surface area contributed by atoms with Gasteiger partial charge in [-0.25, -0.2) is 0 Å². The lowest BCUT2D eigenvalue weighted by atomic mass is 9.81. The summed E-state index contributed by atoms with van der Waals surface area (Å²) in [5.74, 6) is 1.95. The summed E-state index contributed by atoms with van der Waals surface area (Å²) >= 11 is 0. The number of rotatable bonds is 5. The molecule has 0 bridgehead atoms. The molecule has 3 atom stereocenters. The van der Waals surface area contributed by atoms with Crippen LogP contribution in [-0.2, 0) is 4.74 Å². The van der Waals surface area contributed by atoms with E-state index in [2.05, 4.69) is 12.2 Å². The zero-order valence-corrected chi connectivity index (χ0v) is 13.3. The zero-order valence-electron chi connectivity index (χ0n) is 13.3. The van der Waals surface area contributed by atoms with Crippen LogP contribution in [-0.4, -0.2) is 24.8 Å². The normalized spacial score (nSPS) is 36.8. The maximum Gasteiger partial charge on any atom is 0.0708 e. The van der Waals surface area contributed by atoms with Crippen LogP contribution in [0.1, 0.15) is 77.6 Å². The van der Waals surface area contributed by atoms with Gasteiger partial charge in [0.1, 0.15) is 0 Å². The molecule has 0 radical (unpaired) electrons. The van der Waals surface area contributed by atoms with Crippen LogP contribution in [0.3, 0.4) is 0 Å². The maximum absolute atomic E-state index is 6.36. The Labute approximate surface area is 125 Å². The molecule has 1 spiro atoms.